The average Bonchev–Trinajstić information content (AvgIpc) is 3.15. The summed E-state index contributed by atoms with van der Waals surface area (Å²) in [5.41, 5.74) is 1.24. The first-order valence-corrected chi connectivity index (χ1v) is 7.76. The number of ether oxygens (including phenoxy) is 3. The van der Waals surface area contributed by atoms with Crippen LogP contribution < -0.4 is 19.5 Å². The number of nitrogens with zero attached hydrogens (tertiary/aromatic N) is 1. The molecule has 1 aromatic rings. The molecule has 0 amide bonds. The molecule has 2 atom stereocenters. The first kappa shape index (κ1) is 13.2. The second-order valence-electron chi connectivity index (χ2n) is 6.13. The normalized spacial score (nSPS) is 27.7. The number of fused-ring (bicyclic) bond motifs is 2. The van der Waals surface area contributed by atoms with Crippen molar-refractivity contribution in [2.45, 2.75) is 25.4 Å². The maximum absolute atomic E-state index is 5.52. The Morgan fingerprint density at radius 3 is 3.19 bits per heavy atom. The van der Waals surface area contributed by atoms with E-state index in [9.17, 15) is 0 Å². The second kappa shape index (κ2) is 5.39. The van der Waals surface area contributed by atoms with Crippen LogP contribution in [0.1, 0.15) is 18.4 Å². The van der Waals surface area contributed by atoms with Crippen molar-refractivity contribution < 1.29 is 14.2 Å². The van der Waals surface area contributed by atoms with E-state index in [1.54, 1.807) is 7.11 Å². The van der Waals surface area contributed by atoms with Gasteiger partial charge in [-0.1, -0.05) is 0 Å². The lowest BCUT2D eigenvalue weighted by Gasteiger charge is -2.37. The Hall–Kier alpha value is -1.46. The van der Waals surface area contributed by atoms with Gasteiger partial charge in [-0.2, -0.15) is 0 Å². The quantitative estimate of drug-likeness (QED) is 0.916. The minimum absolute atomic E-state index is 0.285. The molecule has 0 bridgehead atoms. The summed E-state index contributed by atoms with van der Waals surface area (Å²) in [5.74, 6) is 3.13. The van der Waals surface area contributed by atoms with Crippen molar-refractivity contribution in [1.29, 1.82) is 0 Å². The van der Waals surface area contributed by atoms with Crippen molar-refractivity contribution in [3.8, 4) is 17.2 Å². The molecule has 2 saturated heterocycles. The van der Waals surface area contributed by atoms with Gasteiger partial charge in [0, 0.05) is 19.1 Å². The van der Waals surface area contributed by atoms with Crippen molar-refractivity contribution in [2.75, 3.05) is 33.5 Å². The highest BCUT2D eigenvalue weighted by Crippen LogP contribution is 2.42. The first-order chi connectivity index (χ1) is 10.3. The average molecular weight is 290 g/mol. The highest BCUT2D eigenvalue weighted by atomic mass is 16.7. The summed E-state index contributed by atoms with van der Waals surface area (Å²) in [6.45, 7) is 4.71. The molecule has 3 aliphatic rings. The molecule has 4 rings (SSSR count). The van der Waals surface area contributed by atoms with Gasteiger partial charge in [-0.15, -0.1) is 0 Å². The zero-order valence-electron chi connectivity index (χ0n) is 12.4. The SMILES string of the molecule is COc1cc(CN2CCCC3CNCC32)cc2c1OCO2. The minimum atomic E-state index is 0.285. The molecule has 114 valence electrons. The molecular formula is C16H22N2O3. The lowest BCUT2D eigenvalue weighted by Crippen LogP contribution is -2.44. The summed E-state index contributed by atoms with van der Waals surface area (Å²) in [5, 5.41) is 3.53. The van der Waals surface area contributed by atoms with Crippen molar-refractivity contribution in [3.05, 3.63) is 17.7 Å². The van der Waals surface area contributed by atoms with Crippen LogP contribution in [0.4, 0.5) is 0 Å². The van der Waals surface area contributed by atoms with E-state index < -0.39 is 0 Å². The van der Waals surface area contributed by atoms with Crippen LogP contribution in [0, 0.1) is 5.92 Å². The molecule has 5 heteroatoms. The summed E-state index contributed by atoms with van der Waals surface area (Å²) < 4.78 is 16.4. The van der Waals surface area contributed by atoms with E-state index in [0.717, 1.165) is 36.3 Å². The van der Waals surface area contributed by atoms with Crippen LogP contribution in [0.5, 0.6) is 17.2 Å². The van der Waals surface area contributed by atoms with Gasteiger partial charge in [0.1, 0.15) is 0 Å². The van der Waals surface area contributed by atoms with Crippen LogP contribution in [-0.4, -0.2) is 44.5 Å². The summed E-state index contributed by atoms with van der Waals surface area (Å²) >= 11 is 0. The number of hydrogen-bond donors (Lipinski definition) is 1. The highest BCUT2D eigenvalue weighted by Gasteiger charge is 2.35. The molecule has 1 N–H and O–H groups in total. The standard InChI is InChI=1S/C16H22N2O3/c1-19-14-5-11(6-15-16(14)21-10-20-15)9-18-4-2-3-12-7-17-8-13(12)18/h5-6,12-13,17H,2-4,7-10H2,1H3. The maximum Gasteiger partial charge on any atom is 0.231 e. The molecule has 0 aliphatic carbocycles. The summed E-state index contributed by atoms with van der Waals surface area (Å²) in [6.07, 6.45) is 2.66. The molecule has 1 aromatic carbocycles. The van der Waals surface area contributed by atoms with Crippen LogP contribution in [0.25, 0.3) is 0 Å². The molecule has 0 saturated carbocycles. The molecule has 2 unspecified atom stereocenters. The van der Waals surface area contributed by atoms with Crippen molar-refractivity contribution in [3.63, 3.8) is 0 Å². The Labute approximate surface area is 125 Å². The first-order valence-electron chi connectivity index (χ1n) is 7.76. The number of benzene rings is 1. The Morgan fingerprint density at radius 2 is 2.29 bits per heavy atom. The van der Waals surface area contributed by atoms with Crippen LogP contribution in [0.2, 0.25) is 0 Å². The van der Waals surface area contributed by atoms with Crippen molar-refractivity contribution >= 4 is 0 Å². The van der Waals surface area contributed by atoms with Crippen molar-refractivity contribution in [1.82, 2.24) is 10.2 Å². The fourth-order valence-corrected chi connectivity index (χ4v) is 3.87. The number of rotatable bonds is 3. The van der Waals surface area contributed by atoms with Crippen LogP contribution in [0.3, 0.4) is 0 Å². The Bertz CT molecular complexity index is 534. The predicted octanol–water partition coefficient (Wildman–Crippen LogP) is 1.61. The fourth-order valence-electron chi connectivity index (χ4n) is 3.87. The molecule has 5 nitrogen and oxygen atoms in total. The van der Waals surface area contributed by atoms with Gasteiger partial charge >= 0.3 is 0 Å². The third-order valence-electron chi connectivity index (χ3n) is 4.90. The van der Waals surface area contributed by atoms with E-state index in [4.69, 9.17) is 14.2 Å². The highest BCUT2D eigenvalue weighted by molar-refractivity contribution is 5.55. The van der Waals surface area contributed by atoms with E-state index in [-0.39, 0.29) is 6.79 Å². The van der Waals surface area contributed by atoms with Gasteiger partial charge in [-0.3, -0.25) is 4.90 Å². The summed E-state index contributed by atoms with van der Waals surface area (Å²) in [6, 6.07) is 4.85. The second-order valence-corrected chi connectivity index (χ2v) is 6.13. The van der Waals surface area contributed by atoms with Gasteiger partial charge in [0.25, 0.3) is 0 Å². The van der Waals surface area contributed by atoms with Crippen LogP contribution >= 0.6 is 0 Å². The lowest BCUT2D eigenvalue weighted by molar-refractivity contribution is 0.117. The van der Waals surface area contributed by atoms with Gasteiger partial charge in [0.05, 0.1) is 7.11 Å². The van der Waals surface area contributed by atoms with Crippen molar-refractivity contribution in [2.24, 2.45) is 5.92 Å². The Morgan fingerprint density at radius 1 is 1.33 bits per heavy atom. The third-order valence-corrected chi connectivity index (χ3v) is 4.90. The largest absolute Gasteiger partial charge is 0.493 e. The van der Waals surface area contributed by atoms with Gasteiger partial charge < -0.3 is 19.5 Å². The number of hydrogen-bond acceptors (Lipinski definition) is 5. The Balaban J connectivity index is 1.56. The number of nitrogens with one attached hydrogen (secondary N) is 1. The Kier molecular flexibility index (Phi) is 3.39. The van der Waals surface area contributed by atoms with Gasteiger partial charge in [-0.25, -0.2) is 0 Å². The topological polar surface area (TPSA) is 43.0 Å². The number of piperidine rings is 1. The fraction of sp³-hybridized carbons (Fsp3) is 0.625. The summed E-state index contributed by atoms with van der Waals surface area (Å²) in [4.78, 5) is 2.60. The maximum atomic E-state index is 5.52. The third kappa shape index (κ3) is 2.34. The van der Waals surface area contributed by atoms with Crippen LogP contribution in [-0.2, 0) is 6.54 Å². The van der Waals surface area contributed by atoms with Gasteiger partial charge in [-0.05, 0) is 49.5 Å². The van der Waals surface area contributed by atoms with E-state index >= 15 is 0 Å². The molecule has 21 heavy (non-hydrogen) atoms. The smallest absolute Gasteiger partial charge is 0.231 e. The summed E-state index contributed by atoms with van der Waals surface area (Å²) in [7, 11) is 1.68. The number of methoxy groups -OCH3 is 1. The molecular weight excluding hydrogens is 268 g/mol. The molecule has 0 spiro atoms. The lowest BCUT2D eigenvalue weighted by atomic mass is 9.91. The zero-order chi connectivity index (χ0) is 14.2. The van der Waals surface area contributed by atoms with E-state index in [2.05, 4.69) is 22.3 Å². The molecule has 0 aromatic heterocycles. The van der Waals surface area contributed by atoms with Crippen LogP contribution in [0.15, 0.2) is 12.1 Å². The van der Waals surface area contributed by atoms with E-state index in [0.29, 0.717) is 6.04 Å². The molecule has 3 aliphatic heterocycles. The molecule has 3 heterocycles. The molecule has 0 radical (unpaired) electrons. The minimum Gasteiger partial charge on any atom is -0.493 e. The molecule has 2 fully saturated rings. The zero-order valence-corrected chi connectivity index (χ0v) is 12.4. The van der Waals surface area contributed by atoms with E-state index in [1.807, 2.05) is 0 Å². The monoisotopic (exact) mass is 290 g/mol. The van der Waals surface area contributed by atoms with E-state index in [1.165, 1.54) is 31.5 Å². The van der Waals surface area contributed by atoms with Gasteiger partial charge in [0.2, 0.25) is 12.5 Å². The van der Waals surface area contributed by atoms with Gasteiger partial charge in [0.15, 0.2) is 11.5 Å². The number of likely N-dealkylation sites (tertiary alicyclic amines) is 1. The predicted molar refractivity (Wildman–Crippen MR) is 78.9 cm³/mol.